The third-order valence-electron chi connectivity index (χ3n) is 3.75. The average Bonchev–Trinajstić information content (AvgIpc) is 2.60. The van der Waals surface area contributed by atoms with E-state index in [0.29, 0.717) is 18.1 Å². The second-order valence-corrected chi connectivity index (χ2v) is 6.57. The molecule has 0 spiro atoms. The lowest BCUT2D eigenvalue weighted by molar-refractivity contribution is -0.120. The Hall–Kier alpha value is -0.150. The number of hydrogen-bond donors (Lipinski definition) is 0. The van der Waals surface area contributed by atoms with E-state index >= 15 is 0 Å². The summed E-state index contributed by atoms with van der Waals surface area (Å²) >= 11 is 5.11. The summed E-state index contributed by atoms with van der Waals surface area (Å²) in [6, 6.07) is 2.07. The monoisotopic (exact) mass is 284 g/mol. The molecule has 3 heteroatoms. The first kappa shape index (κ1) is 10.0. The summed E-state index contributed by atoms with van der Waals surface area (Å²) in [5.41, 5.74) is 0. The fourth-order valence-electron chi connectivity index (χ4n) is 3.04. The lowest BCUT2D eigenvalue weighted by atomic mass is 10.1. The molecule has 0 aromatic carbocycles. The fourth-order valence-corrected chi connectivity index (χ4v) is 4.50. The predicted molar refractivity (Wildman–Crippen MR) is 65.1 cm³/mol. The highest BCUT2D eigenvalue weighted by Gasteiger charge is 2.55. The number of carbonyl (C=O) groups excluding carboxylic acids is 1. The van der Waals surface area contributed by atoms with Gasteiger partial charge in [0.15, 0.2) is 0 Å². The number of hydrogen-bond acceptors (Lipinski definition) is 2. The first-order valence-electron chi connectivity index (χ1n) is 5.51. The van der Waals surface area contributed by atoms with Crippen LogP contribution in [0.3, 0.4) is 0 Å². The maximum absolute atomic E-state index is 12.0. The molecule has 2 saturated carbocycles. The van der Waals surface area contributed by atoms with Crippen LogP contribution in [-0.4, -0.2) is 5.78 Å². The van der Waals surface area contributed by atoms with Crippen molar-refractivity contribution < 1.29 is 4.79 Å². The molecule has 80 valence electrons. The van der Waals surface area contributed by atoms with Crippen LogP contribution in [0.2, 0.25) is 0 Å². The molecule has 0 aliphatic heterocycles. The Labute approximate surface area is 102 Å². The van der Waals surface area contributed by atoms with E-state index in [0.717, 1.165) is 16.3 Å². The maximum atomic E-state index is 12.0. The molecule has 3 rings (SSSR count). The van der Waals surface area contributed by atoms with Gasteiger partial charge >= 0.3 is 0 Å². The zero-order valence-electron chi connectivity index (χ0n) is 8.41. The van der Waals surface area contributed by atoms with E-state index in [2.05, 4.69) is 27.4 Å². The zero-order chi connectivity index (χ0) is 10.4. The van der Waals surface area contributed by atoms with Crippen molar-refractivity contribution in [3.05, 3.63) is 20.8 Å². The number of thiophene rings is 1. The van der Waals surface area contributed by atoms with Crippen LogP contribution < -0.4 is 0 Å². The van der Waals surface area contributed by atoms with Gasteiger partial charge < -0.3 is 0 Å². The topological polar surface area (TPSA) is 17.1 Å². The Balaban J connectivity index is 1.63. The average molecular weight is 285 g/mol. The molecule has 0 N–H and O–H groups in total. The minimum atomic E-state index is 0.430. The molecular formula is C12H13BrOS. The van der Waals surface area contributed by atoms with Crippen molar-refractivity contribution in [1.29, 1.82) is 0 Å². The molecule has 0 bridgehead atoms. The zero-order valence-corrected chi connectivity index (χ0v) is 10.8. The Morgan fingerprint density at radius 2 is 2.20 bits per heavy atom. The highest BCUT2D eigenvalue weighted by molar-refractivity contribution is 9.10. The molecule has 2 aliphatic rings. The van der Waals surface area contributed by atoms with Crippen LogP contribution in [0.5, 0.6) is 0 Å². The molecule has 1 heterocycles. The Morgan fingerprint density at radius 3 is 2.80 bits per heavy atom. The summed E-state index contributed by atoms with van der Waals surface area (Å²) < 4.78 is 1.10. The van der Waals surface area contributed by atoms with Gasteiger partial charge in [-0.2, -0.15) is 0 Å². The van der Waals surface area contributed by atoms with Crippen molar-refractivity contribution in [3.8, 4) is 0 Å². The number of halogens is 1. The lowest BCUT2D eigenvalue weighted by Crippen LogP contribution is -2.07. The molecule has 1 aromatic heterocycles. The first-order chi connectivity index (χ1) is 7.25. The van der Waals surface area contributed by atoms with Gasteiger partial charge in [-0.1, -0.05) is 6.42 Å². The SMILES string of the molecule is O=C(Cc1cc(Br)cs1)C1C2CCCC21. The summed E-state index contributed by atoms with van der Waals surface area (Å²) in [7, 11) is 0. The summed E-state index contributed by atoms with van der Waals surface area (Å²) in [6.07, 6.45) is 4.61. The van der Waals surface area contributed by atoms with Crippen LogP contribution in [0.15, 0.2) is 15.9 Å². The van der Waals surface area contributed by atoms with Gasteiger partial charge in [0.2, 0.25) is 0 Å². The van der Waals surface area contributed by atoms with Gasteiger partial charge in [-0.05, 0) is 46.7 Å². The molecule has 0 saturated heterocycles. The minimum Gasteiger partial charge on any atom is -0.299 e. The Bertz CT molecular complexity index is 388. The second-order valence-electron chi connectivity index (χ2n) is 4.66. The Kier molecular flexibility index (Phi) is 2.48. The molecule has 2 unspecified atom stereocenters. The number of fused-ring (bicyclic) bond motifs is 1. The third-order valence-corrected chi connectivity index (χ3v) is 5.45. The van der Waals surface area contributed by atoms with E-state index in [4.69, 9.17) is 0 Å². The molecule has 1 aromatic rings. The van der Waals surface area contributed by atoms with Crippen molar-refractivity contribution in [2.24, 2.45) is 17.8 Å². The van der Waals surface area contributed by atoms with Gasteiger partial charge in [0, 0.05) is 27.1 Å². The highest BCUT2D eigenvalue weighted by atomic mass is 79.9. The van der Waals surface area contributed by atoms with Crippen LogP contribution in [-0.2, 0) is 11.2 Å². The van der Waals surface area contributed by atoms with Crippen LogP contribution in [0.4, 0.5) is 0 Å². The number of carbonyl (C=O) groups is 1. The fraction of sp³-hybridized carbons (Fsp3) is 0.583. The van der Waals surface area contributed by atoms with E-state index in [1.807, 2.05) is 0 Å². The number of ketones is 1. The van der Waals surface area contributed by atoms with Gasteiger partial charge in [-0.15, -0.1) is 11.3 Å². The van der Waals surface area contributed by atoms with Crippen LogP contribution in [0.1, 0.15) is 24.1 Å². The summed E-state index contributed by atoms with van der Waals surface area (Å²) in [4.78, 5) is 13.2. The van der Waals surface area contributed by atoms with E-state index in [1.165, 1.54) is 24.1 Å². The molecule has 0 amide bonds. The molecule has 2 aliphatic carbocycles. The molecule has 2 atom stereocenters. The van der Waals surface area contributed by atoms with Gasteiger partial charge in [0.05, 0.1) is 0 Å². The molecule has 0 radical (unpaired) electrons. The maximum Gasteiger partial charge on any atom is 0.141 e. The van der Waals surface area contributed by atoms with E-state index < -0.39 is 0 Å². The van der Waals surface area contributed by atoms with Crippen molar-refractivity contribution in [2.75, 3.05) is 0 Å². The Morgan fingerprint density at radius 1 is 1.47 bits per heavy atom. The number of Topliss-reactive ketones (excluding diaryl/α,β-unsaturated/α-hetero) is 1. The summed E-state index contributed by atoms with van der Waals surface area (Å²) in [5, 5.41) is 2.05. The minimum absolute atomic E-state index is 0.430. The molecular weight excluding hydrogens is 272 g/mol. The normalized spacial score (nSPS) is 32.7. The van der Waals surface area contributed by atoms with Crippen LogP contribution in [0, 0.1) is 17.8 Å². The predicted octanol–water partition coefficient (Wildman–Crippen LogP) is 3.67. The van der Waals surface area contributed by atoms with Crippen molar-refractivity contribution in [1.82, 2.24) is 0 Å². The van der Waals surface area contributed by atoms with Crippen molar-refractivity contribution in [3.63, 3.8) is 0 Å². The van der Waals surface area contributed by atoms with Crippen molar-refractivity contribution >= 4 is 33.0 Å². The molecule has 15 heavy (non-hydrogen) atoms. The van der Waals surface area contributed by atoms with E-state index in [1.54, 1.807) is 11.3 Å². The molecule has 2 fully saturated rings. The first-order valence-corrected chi connectivity index (χ1v) is 7.18. The van der Waals surface area contributed by atoms with E-state index in [-0.39, 0.29) is 0 Å². The van der Waals surface area contributed by atoms with Gasteiger partial charge in [0.25, 0.3) is 0 Å². The third kappa shape index (κ3) is 1.80. The van der Waals surface area contributed by atoms with Crippen LogP contribution >= 0.6 is 27.3 Å². The highest BCUT2D eigenvalue weighted by Crippen LogP contribution is 2.58. The second kappa shape index (κ2) is 3.70. The van der Waals surface area contributed by atoms with Crippen LogP contribution in [0.25, 0.3) is 0 Å². The summed E-state index contributed by atoms with van der Waals surface area (Å²) in [6.45, 7) is 0. The van der Waals surface area contributed by atoms with Gasteiger partial charge in [-0.25, -0.2) is 0 Å². The number of rotatable bonds is 3. The smallest absolute Gasteiger partial charge is 0.141 e. The molecule has 1 nitrogen and oxygen atoms in total. The quantitative estimate of drug-likeness (QED) is 0.828. The lowest BCUT2D eigenvalue weighted by Gasteiger charge is -2.00. The standard InChI is InChI=1S/C12H13BrOS/c13-7-4-8(15-6-7)5-11(14)12-9-2-1-3-10(9)12/h4,6,9-10,12H,1-3,5H2. The summed E-state index contributed by atoms with van der Waals surface area (Å²) in [5.74, 6) is 2.44. The van der Waals surface area contributed by atoms with E-state index in [9.17, 15) is 4.79 Å². The van der Waals surface area contributed by atoms with Crippen molar-refractivity contribution in [2.45, 2.75) is 25.7 Å². The van der Waals surface area contributed by atoms with Gasteiger partial charge in [-0.3, -0.25) is 4.79 Å². The van der Waals surface area contributed by atoms with Gasteiger partial charge in [0.1, 0.15) is 5.78 Å². The largest absolute Gasteiger partial charge is 0.299 e.